The second-order valence-electron chi connectivity index (χ2n) is 5.80. The Morgan fingerprint density at radius 3 is 1.70 bits per heavy atom. The van der Waals surface area contributed by atoms with E-state index in [2.05, 4.69) is 0 Å². The average Bonchev–Trinajstić information content (AvgIpc) is 2.71. The fourth-order valence-corrected chi connectivity index (χ4v) is 2.72. The van der Waals surface area contributed by atoms with Crippen molar-refractivity contribution >= 4 is 5.91 Å². The van der Waals surface area contributed by atoms with Gasteiger partial charge in [0.15, 0.2) is 11.5 Å². The molecule has 0 unspecified atom stereocenters. The van der Waals surface area contributed by atoms with E-state index in [1.165, 1.54) is 0 Å². The van der Waals surface area contributed by atoms with Crippen LogP contribution in [-0.4, -0.2) is 53.4 Å². The Labute approximate surface area is 159 Å². The largest absolute Gasteiger partial charge is 0.497 e. The molecule has 0 fully saturated rings. The maximum atomic E-state index is 12.8. The van der Waals surface area contributed by atoms with Crippen LogP contribution in [0.25, 0.3) is 0 Å². The van der Waals surface area contributed by atoms with Gasteiger partial charge in [-0.3, -0.25) is 4.79 Å². The first-order chi connectivity index (χ1) is 13.0. The SMILES string of the molecule is COc1cc(OC)cc(C(=O)N(C)Cc2cc(OC)c(OC)c(OC)c2)c1. The van der Waals surface area contributed by atoms with Gasteiger partial charge in [-0.25, -0.2) is 0 Å². The minimum atomic E-state index is -0.166. The quantitative estimate of drug-likeness (QED) is 0.707. The van der Waals surface area contributed by atoms with Crippen LogP contribution in [0.2, 0.25) is 0 Å². The molecule has 0 saturated heterocycles. The molecule has 1 amide bonds. The lowest BCUT2D eigenvalue weighted by atomic mass is 10.1. The Morgan fingerprint density at radius 1 is 0.778 bits per heavy atom. The van der Waals surface area contributed by atoms with Crippen LogP contribution in [0.3, 0.4) is 0 Å². The van der Waals surface area contributed by atoms with Gasteiger partial charge in [-0.15, -0.1) is 0 Å². The van der Waals surface area contributed by atoms with Gasteiger partial charge in [0.2, 0.25) is 5.75 Å². The van der Waals surface area contributed by atoms with Crippen LogP contribution in [0.15, 0.2) is 30.3 Å². The molecular weight excluding hydrogens is 350 g/mol. The fourth-order valence-electron chi connectivity index (χ4n) is 2.72. The van der Waals surface area contributed by atoms with Crippen molar-refractivity contribution in [1.82, 2.24) is 4.90 Å². The van der Waals surface area contributed by atoms with Gasteiger partial charge < -0.3 is 28.6 Å². The summed E-state index contributed by atoms with van der Waals surface area (Å²) in [4.78, 5) is 14.4. The molecule has 0 aliphatic heterocycles. The molecule has 0 N–H and O–H groups in total. The first kappa shape index (κ1) is 20.2. The standard InChI is InChI=1S/C20H25NO6/c1-21(20(22)14-9-15(23-2)11-16(10-14)24-3)12-13-7-17(25-4)19(27-6)18(8-13)26-5/h7-11H,12H2,1-6H3. The first-order valence-corrected chi connectivity index (χ1v) is 8.24. The van der Waals surface area contributed by atoms with Crippen molar-refractivity contribution < 1.29 is 28.5 Å². The maximum absolute atomic E-state index is 12.8. The summed E-state index contributed by atoms with van der Waals surface area (Å²) in [5.41, 5.74) is 1.32. The van der Waals surface area contributed by atoms with Crippen molar-refractivity contribution in [2.75, 3.05) is 42.6 Å². The Bertz CT molecular complexity index is 758. The van der Waals surface area contributed by atoms with Crippen molar-refractivity contribution in [1.29, 1.82) is 0 Å². The van der Waals surface area contributed by atoms with Gasteiger partial charge in [-0.2, -0.15) is 0 Å². The number of carbonyl (C=O) groups excluding carboxylic acids is 1. The molecule has 0 heterocycles. The van der Waals surface area contributed by atoms with E-state index in [1.807, 2.05) is 12.1 Å². The van der Waals surface area contributed by atoms with Crippen LogP contribution in [0.5, 0.6) is 28.7 Å². The van der Waals surface area contributed by atoms with Gasteiger partial charge >= 0.3 is 0 Å². The van der Waals surface area contributed by atoms with Gasteiger partial charge in [-0.1, -0.05) is 0 Å². The molecule has 146 valence electrons. The zero-order valence-electron chi connectivity index (χ0n) is 16.5. The Balaban J connectivity index is 2.29. The topological polar surface area (TPSA) is 66.5 Å². The van der Waals surface area contributed by atoms with E-state index in [4.69, 9.17) is 23.7 Å². The van der Waals surface area contributed by atoms with Crippen LogP contribution in [0.1, 0.15) is 15.9 Å². The lowest BCUT2D eigenvalue weighted by molar-refractivity contribution is 0.0784. The van der Waals surface area contributed by atoms with Crippen LogP contribution >= 0.6 is 0 Å². The Hall–Kier alpha value is -3.09. The van der Waals surface area contributed by atoms with E-state index in [9.17, 15) is 4.79 Å². The molecule has 0 aromatic heterocycles. The summed E-state index contributed by atoms with van der Waals surface area (Å²) in [6, 6.07) is 8.71. The highest BCUT2D eigenvalue weighted by atomic mass is 16.5. The van der Waals surface area contributed by atoms with E-state index >= 15 is 0 Å². The van der Waals surface area contributed by atoms with Gasteiger partial charge in [0.25, 0.3) is 5.91 Å². The van der Waals surface area contributed by atoms with Gasteiger partial charge in [0.1, 0.15) is 11.5 Å². The van der Waals surface area contributed by atoms with Crippen LogP contribution < -0.4 is 23.7 Å². The molecule has 0 radical (unpaired) electrons. The summed E-state index contributed by atoms with van der Waals surface area (Å²) in [5, 5.41) is 0. The number of carbonyl (C=O) groups is 1. The second-order valence-corrected chi connectivity index (χ2v) is 5.80. The minimum absolute atomic E-state index is 0.166. The molecule has 0 aliphatic rings. The predicted molar refractivity (Wildman–Crippen MR) is 101 cm³/mol. The minimum Gasteiger partial charge on any atom is -0.497 e. The van der Waals surface area contributed by atoms with Crippen LogP contribution in [0, 0.1) is 0 Å². The molecule has 2 rings (SSSR count). The van der Waals surface area contributed by atoms with E-state index in [1.54, 1.807) is 65.7 Å². The molecule has 0 saturated carbocycles. The Morgan fingerprint density at radius 2 is 1.30 bits per heavy atom. The molecular formula is C20H25NO6. The number of hydrogen-bond acceptors (Lipinski definition) is 6. The summed E-state index contributed by atoms with van der Waals surface area (Å²) in [6.07, 6.45) is 0. The molecule has 7 heteroatoms. The van der Waals surface area contributed by atoms with E-state index in [0.29, 0.717) is 40.9 Å². The molecule has 7 nitrogen and oxygen atoms in total. The normalized spacial score (nSPS) is 10.1. The molecule has 0 bridgehead atoms. The van der Waals surface area contributed by atoms with Gasteiger partial charge in [0, 0.05) is 25.2 Å². The summed E-state index contributed by atoms with van der Waals surface area (Å²) in [6.45, 7) is 0.356. The molecule has 0 aliphatic carbocycles. The highest BCUT2D eigenvalue weighted by Gasteiger charge is 2.18. The zero-order valence-corrected chi connectivity index (χ0v) is 16.5. The fraction of sp³-hybridized carbons (Fsp3) is 0.350. The van der Waals surface area contributed by atoms with Crippen molar-refractivity contribution in [3.63, 3.8) is 0 Å². The third-order valence-corrected chi connectivity index (χ3v) is 4.09. The van der Waals surface area contributed by atoms with Crippen LogP contribution in [-0.2, 0) is 6.54 Å². The highest BCUT2D eigenvalue weighted by Crippen LogP contribution is 2.38. The number of rotatable bonds is 8. The van der Waals surface area contributed by atoms with Crippen molar-refractivity contribution in [3.05, 3.63) is 41.5 Å². The summed E-state index contributed by atoms with van der Waals surface area (Å²) >= 11 is 0. The summed E-state index contributed by atoms with van der Waals surface area (Å²) in [5.74, 6) is 2.53. The second kappa shape index (κ2) is 9.02. The molecule has 0 atom stereocenters. The smallest absolute Gasteiger partial charge is 0.254 e. The summed E-state index contributed by atoms with van der Waals surface area (Å²) < 4.78 is 26.5. The van der Waals surface area contributed by atoms with Crippen molar-refractivity contribution in [3.8, 4) is 28.7 Å². The number of ether oxygens (including phenoxy) is 5. The van der Waals surface area contributed by atoms with E-state index < -0.39 is 0 Å². The van der Waals surface area contributed by atoms with Crippen LogP contribution in [0.4, 0.5) is 0 Å². The van der Waals surface area contributed by atoms with E-state index in [-0.39, 0.29) is 5.91 Å². The number of nitrogens with zero attached hydrogens (tertiary/aromatic N) is 1. The Kier molecular flexibility index (Phi) is 6.76. The van der Waals surface area contributed by atoms with Crippen molar-refractivity contribution in [2.24, 2.45) is 0 Å². The number of methoxy groups -OCH3 is 5. The zero-order chi connectivity index (χ0) is 20.0. The lowest BCUT2D eigenvalue weighted by Gasteiger charge is -2.20. The lowest BCUT2D eigenvalue weighted by Crippen LogP contribution is -2.26. The number of amides is 1. The molecule has 2 aromatic carbocycles. The third kappa shape index (κ3) is 4.55. The third-order valence-electron chi connectivity index (χ3n) is 4.09. The van der Waals surface area contributed by atoms with Crippen molar-refractivity contribution in [2.45, 2.75) is 6.54 Å². The monoisotopic (exact) mass is 375 g/mol. The first-order valence-electron chi connectivity index (χ1n) is 8.24. The maximum Gasteiger partial charge on any atom is 0.254 e. The number of hydrogen-bond donors (Lipinski definition) is 0. The predicted octanol–water partition coefficient (Wildman–Crippen LogP) is 3.00. The van der Waals surface area contributed by atoms with Gasteiger partial charge in [-0.05, 0) is 29.8 Å². The van der Waals surface area contributed by atoms with Gasteiger partial charge in [0.05, 0.1) is 35.5 Å². The van der Waals surface area contributed by atoms with E-state index in [0.717, 1.165) is 5.56 Å². The average molecular weight is 375 g/mol. The molecule has 0 spiro atoms. The highest BCUT2D eigenvalue weighted by molar-refractivity contribution is 5.95. The number of benzene rings is 2. The summed E-state index contributed by atoms with van der Waals surface area (Å²) in [7, 11) is 9.46. The molecule has 27 heavy (non-hydrogen) atoms. The molecule has 2 aromatic rings.